The van der Waals surface area contributed by atoms with E-state index >= 15 is 0 Å². The van der Waals surface area contributed by atoms with Crippen molar-refractivity contribution in [1.82, 2.24) is 0 Å². The molecule has 6 heteroatoms. The van der Waals surface area contributed by atoms with Gasteiger partial charge in [-0.3, -0.25) is 4.21 Å². The first-order valence-corrected chi connectivity index (χ1v) is 4.65. The lowest BCUT2D eigenvalue weighted by molar-refractivity contribution is 0.542. The van der Waals surface area contributed by atoms with E-state index in [1.165, 1.54) is 12.1 Å². The highest BCUT2D eigenvalue weighted by atomic mass is 35.5. The molecule has 0 heterocycles. The Bertz CT molecular complexity index is 389. The van der Waals surface area contributed by atoms with Crippen molar-refractivity contribution < 1.29 is 8.76 Å². The minimum Gasteiger partial charge on any atom is -0.755 e. The summed E-state index contributed by atoms with van der Waals surface area (Å²) in [5.41, 5.74) is 0.303. The van der Waals surface area contributed by atoms with E-state index in [4.69, 9.17) is 16.9 Å². The molecule has 0 aliphatic rings. The summed E-state index contributed by atoms with van der Waals surface area (Å²) >= 11 is 3.20. The minimum atomic E-state index is -2.45. The lowest BCUT2D eigenvalue weighted by atomic mass is 10.2. The van der Waals surface area contributed by atoms with Gasteiger partial charge in [-0.2, -0.15) is 5.26 Å². The van der Waals surface area contributed by atoms with Gasteiger partial charge in [-0.05, 0) is 12.1 Å². The second-order valence-electron chi connectivity index (χ2n) is 2.11. The normalized spacial score (nSPS) is 11.8. The lowest BCUT2D eigenvalue weighted by Gasteiger charge is -2.10. The fourth-order valence-electron chi connectivity index (χ4n) is 0.813. The van der Waals surface area contributed by atoms with Crippen molar-refractivity contribution in [3.05, 3.63) is 28.8 Å². The van der Waals surface area contributed by atoms with E-state index in [0.717, 1.165) is 0 Å². The lowest BCUT2D eigenvalue weighted by Crippen LogP contribution is -2.03. The molecule has 0 fully saturated rings. The Morgan fingerprint density at radius 1 is 1.62 bits per heavy atom. The van der Waals surface area contributed by atoms with Crippen LogP contribution >= 0.6 is 11.6 Å². The van der Waals surface area contributed by atoms with Gasteiger partial charge in [0, 0.05) is 11.3 Å². The largest absolute Gasteiger partial charge is 0.755 e. The number of nitrogens with one attached hydrogen (secondary N) is 1. The van der Waals surface area contributed by atoms with Crippen LogP contribution in [0, 0.1) is 11.3 Å². The van der Waals surface area contributed by atoms with E-state index in [2.05, 4.69) is 4.72 Å². The summed E-state index contributed by atoms with van der Waals surface area (Å²) in [5.74, 6) is 0. The highest BCUT2D eigenvalue weighted by Gasteiger charge is 2.04. The number of nitrogens with zero attached hydrogens (tertiary/aromatic N) is 1. The van der Waals surface area contributed by atoms with Gasteiger partial charge in [0.05, 0.1) is 16.3 Å². The zero-order valence-electron chi connectivity index (χ0n) is 6.28. The van der Waals surface area contributed by atoms with Gasteiger partial charge in [-0.25, -0.2) is 0 Å². The van der Waals surface area contributed by atoms with Crippen LogP contribution < -0.4 is 4.72 Å². The zero-order valence-corrected chi connectivity index (χ0v) is 7.85. The van der Waals surface area contributed by atoms with Crippen molar-refractivity contribution in [2.75, 3.05) is 4.72 Å². The number of benzene rings is 1. The third kappa shape index (κ3) is 2.42. The van der Waals surface area contributed by atoms with Gasteiger partial charge in [0.2, 0.25) is 0 Å². The van der Waals surface area contributed by atoms with E-state index in [1.807, 2.05) is 0 Å². The fourth-order valence-corrected chi connectivity index (χ4v) is 1.38. The predicted molar refractivity (Wildman–Crippen MR) is 48.7 cm³/mol. The van der Waals surface area contributed by atoms with Gasteiger partial charge in [0.1, 0.15) is 6.07 Å². The number of anilines is 1. The molecule has 1 aromatic carbocycles. The molecule has 68 valence electrons. The summed E-state index contributed by atoms with van der Waals surface area (Å²) in [6, 6.07) is 6.33. The van der Waals surface area contributed by atoms with Crippen molar-refractivity contribution in [2.45, 2.75) is 0 Å². The molecule has 0 aliphatic heterocycles. The van der Waals surface area contributed by atoms with Gasteiger partial charge in [0.15, 0.2) is 0 Å². The molecule has 1 rings (SSSR count). The Balaban J connectivity index is 3.14. The van der Waals surface area contributed by atoms with Crippen molar-refractivity contribution in [2.24, 2.45) is 0 Å². The van der Waals surface area contributed by atoms with Crippen LogP contribution in [0.3, 0.4) is 0 Å². The number of nitriles is 1. The molecule has 13 heavy (non-hydrogen) atoms. The molecule has 0 aromatic heterocycles. The highest BCUT2D eigenvalue weighted by Crippen LogP contribution is 2.23. The highest BCUT2D eigenvalue weighted by molar-refractivity contribution is 7.80. The molecule has 0 bridgehead atoms. The van der Waals surface area contributed by atoms with E-state index < -0.39 is 11.3 Å². The van der Waals surface area contributed by atoms with Crippen LogP contribution in [0.2, 0.25) is 5.02 Å². The standard InChI is InChI=1S/C7H5ClN2O2S/c8-6-2-1-3-7(5(6)4-9)10-13(11)12/h1-3,10H,(H,11,12)/p-1. The first kappa shape index (κ1) is 9.99. The fraction of sp³-hybridized carbons (Fsp3) is 0. The van der Waals surface area contributed by atoms with Gasteiger partial charge < -0.3 is 9.27 Å². The molecule has 1 aromatic rings. The summed E-state index contributed by atoms with van der Waals surface area (Å²) in [6.45, 7) is 0. The van der Waals surface area contributed by atoms with E-state index in [-0.39, 0.29) is 16.3 Å². The second-order valence-corrected chi connectivity index (χ2v) is 3.19. The van der Waals surface area contributed by atoms with Crippen LogP contribution in [0.1, 0.15) is 5.56 Å². The monoisotopic (exact) mass is 215 g/mol. The molecule has 0 saturated carbocycles. The molecular weight excluding hydrogens is 212 g/mol. The molecule has 0 radical (unpaired) electrons. The molecular formula is C7H4ClN2O2S-. The van der Waals surface area contributed by atoms with Crippen molar-refractivity contribution in [3.63, 3.8) is 0 Å². The van der Waals surface area contributed by atoms with Crippen LogP contribution in [0.15, 0.2) is 18.2 Å². The maximum absolute atomic E-state index is 10.3. The molecule has 0 amide bonds. The van der Waals surface area contributed by atoms with Crippen LogP contribution in [0.25, 0.3) is 0 Å². The Hall–Kier alpha value is -1.09. The quantitative estimate of drug-likeness (QED) is 0.758. The van der Waals surface area contributed by atoms with E-state index in [1.54, 1.807) is 12.1 Å². The van der Waals surface area contributed by atoms with Crippen LogP contribution in [0.5, 0.6) is 0 Å². The molecule has 1 atom stereocenters. The SMILES string of the molecule is N#Cc1c(Cl)cccc1NS(=O)[O-]. The Kier molecular flexibility index (Phi) is 3.25. The van der Waals surface area contributed by atoms with Crippen LogP contribution in [0.4, 0.5) is 5.69 Å². The second kappa shape index (κ2) is 4.23. The van der Waals surface area contributed by atoms with Crippen molar-refractivity contribution in [1.29, 1.82) is 5.26 Å². The molecule has 0 saturated heterocycles. The third-order valence-electron chi connectivity index (χ3n) is 1.32. The molecule has 0 spiro atoms. The number of halogens is 1. The average molecular weight is 216 g/mol. The Morgan fingerprint density at radius 3 is 2.85 bits per heavy atom. The predicted octanol–water partition coefficient (Wildman–Crippen LogP) is 1.42. The summed E-state index contributed by atoms with van der Waals surface area (Å²) in [4.78, 5) is 0. The maximum Gasteiger partial charge on any atom is 0.103 e. The number of hydrogen-bond donors (Lipinski definition) is 1. The number of rotatable bonds is 2. The minimum absolute atomic E-state index is 0.119. The first-order valence-electron chi connectivity index (χ1n) is 3.19. The van der Waals surface area contributed by atoms with Crippen molar-refractivity contribution in [3.8, 4) is 6.07 Å². The smallest absolute Gasteiger partial charge is 0.103 e. The van der Waals surface area contributed by atoms with Gasteiger partial charge in [-0.15, -0.1) is 0 Å². The summed E-state index contributed by atoms with van der Waals surface area (Å²) in [6.07, 6.45) is 0. The van der Waals surface area contributed by atoms with Crippen molar-refractivity contribution >= 4 is 28.6 Å². The Labute approximate surface area is 82.6 Å². The van der Waals surface area contributed by atoms with E-state index in [0.29, 0.717) is 0 Å². The number of hydrogen-bond acceptors (Lipinski definition) is 3. The topological polar surface area (TPSA) is 76.0 Å². The summed E-state index contributed by atoms with van der Waals surface area (Å²) in [5, 5.41) is 8.86. The average Bonchev–Trinajstić information content (AvgIpc) is 2.03. The molecule has 1 N–H and O–H groups in total. The Morgan fingerprint density at radius 2 is 2.31 bits per heavy atom. The third-order valence-corrected chi connectivity index (χ3v) is 2.02. The van der Waals surface area contributed by atoms with Crippen LogP contribution in [-0.2, 0) is 11.3 Å². The maximum atomic E-state index is 10.3. The van der Waals surface area contributed by atoms with Gasteiger partial charge >= 0.3 is 0 Å². The van der Waals surface area contributed by atoms with Gasteiger partial charge in [0.25, 0.3) is 0 Å². The molecule has 1 unspecified atom stereocenters. The first-order chi connectivity index (χ1) is 6.15. The van der Waals surface area contributed by atoms with E-state index in [9.17, 15) is 8.76 Å². The molecule has 4 nitrogen and oxygen atoms in total. The molecule has 0 aliphatic carbocycles. The van der Waals surface area contributed by atoms with Crippen LogP contribution in [-0.4, -0.2) is 8.76 Å². The van der Waals surface area contributed by atoms with Gasteiger partial charge in [-0.1, -0.05) is 17.7 Å². The zero-order chi connectivity index (χ0) is 9.84. The summed E-state index contributed by atoms with van der Waals surface area (Å²) in [7, 11) is 0. The summed E-state index contributed by atoms with van der Waals surface area (Å²) < 4.78 is 22.6.